The van der Waals surface area contributed by atoms with E-state index in [2.05, 4.69) is 20.3 Å². The molecule has 8 heteroatoms. The average Bonchev–Trinajstić information content (AvgIpc) is 2.67. The fourth-order valence-corrected chi connectivity index (χ4v) is 2.27. The van der Waals surface area contributed by atoms with Crippen molar-refractivity contribution in [1.82, 2.24) is 9.97 Å². The highest BCUT2D eigenvalue weighted by Gasteiger charge is 2.03. The van der Waals surface area contributed by atoms with Gasteiger partial charge in [-0.2, -0.15) is 0 Å². The van der Waals surface area contributed by atoms with E-state index in [1.54, 1.807) is 36.7 Å². The Morgan fingerprint density at radius 2 is 1.23 bits per heavy atom. The Kier molecular flexibility index (Phi) is 8.41. The first-order valence-corrected chi connectivity index (χ1v) is 8.35. The van der Waals surface area contributed by atoms with Crippen molar-refractivity contribution >= 4 is 12.4 Å². The van der Waals surface area contributed by atoms with Gasteiger partial charge < -0.3 is 19.9 Å². The average molecular weight is 358 g/mol. The van der Waals surface area contributed by atoms with E-state index in [0.29, 0.717) is 36.1 Å². The van der Waals surface area contributed by atoms with Crippen LogP contribution in [0.1, 0.15) is 37.1 Å². The predicted molar refractivity (Wildman–Crippen MR) is 96.7 cm³/mol. The van der Waals surface area contributed by atoms with Gasteiger partial charge in [0.25, 0.3) is 0 Å². The molecular formula is C18H22N4O4. The van der Waals surface area contributed by atoms with Crippen molar-refractivity contribution in [3.05, 3.63) is 48.0 Å². The predicted octanol–water partition coefficient (Wildman–Crippen LogP) is 3.11. The molecule has 2 rings (SSSR count). The summed E-state index contributed by atoms with van der Waals surface area (Å²) in [7, 11) is 0. The smallest absolute Gasteiger partial charge is 0.146 e. The Hall–Kier alpha value is -3.16. The lowest BCUT2D eigenvalue weighted by Crippen LogP contribution is -2.03. The van der Waals surface area contributed by atoms with Gasteiger partial charge in [-0.05, 0) is 49.9 Å². The van der Waals surface area contributed by atoms with E-state index in [-0.39, 0.29) is 0 Å². The van der Waals surface area contributed by atoms with Gasteiger partial charge in [-0.3, -0.25) is 9.97 Å². The van der Waals surface area contributed by atoms with Crippen molar-refractivity contribution in [3.63, 3.8) is 0 Å². The summed E-state index contributed by atoms with van der Waals surface area (Å²) in [6, 6.07) is 7.13. The molecule has 0 amide bonds. The second-order valence-electron chi connectivity index (χ2n) is 5.37. The Morgan fingerprint density at radius 1 is 0.769 bits per heavy atom. The van der Waals surface area contributed by atoms with Crippen LogP contribution in [-0.4, -0.2) is 46.0 Å². The first kappa shape index (κ1) is 19.2. The van der Waals surface area contributed by atoms with E-state index in [9.17, 15) is 0 Å². The molecule has 2 N–H and O–H groups in total. The molecule has 0 spiro atoms. The molecule has 8 nitrogen and oxygen atoms in total. The van der Waals surface area contributed by atoms with E-state index in [1.807, 2.05) is 0 Å². The maximum absolute atomic E-state index is 8.60. The summed E-state index contributed by atoms with van der Waals surface area (Å²) < 4.78 is 11.3. The third-order valence-electron chi connectivity index (χ3n) is 3.51. The molecule has 0 aliphatic carbocycles. The lowest BCUT2D eigenvalue weighted by Gasteiger charge is -2.09. The highest BCUT2D eigenvalue weighted by atomic mass is 16.5. The van der Waals surface area contributed by atoms with E-state index in [4.69, 9.17) is 19.9 Å². The monoisotopic (exact) mass is 358 g/mol. The van der Waals surface area contributed by atoms with Gasteiger partial charge in [0, 0.05) is 12.4 Å². The largest absolute Gasteiger partial charge is 0.491 e. The van der Waals surface area contributed by atoms with Crippen molar-refractivity contribution in [2.45, 2.75) is 25.7 Å². The summed E-state index contributed by atoms with van der Waals surface area (Å²) in [6.45, 7) is 1.14. The third-order valence-corrected chi connectivity index (χ3v) is 3.51. The number of hydrogen-bond acceptors (Lipinski definition) is 8. The summed E-state index contributed by atoms with van der Waals surface area (Å²) in [5, 5.41) is 23.2. The molecule has 26 heavy (non-hydrogen) atoms. The van der Waals surface area contributed by atoms with Crippen LogP contribution in [0.4, 0.5) is 0 Å². The highest BCUT2D eigenvalue weighted by molar-refractivity contribution is 5.80. The molecule has 0 radical (unpaired) electrons. The third kappa shape index (κ3) is 6.39. The normalized spacial score (nSPS) is 11.2. The van der Waals surface area contributed by atoms with Gasteiger partial charge in [-0.25, -0.2) is 0 Å². The lowest BCUT2D eigenvalue weighted by atomic mass is 10.2. The zero-order valence-corrected chi connectivity index (χ0v) is 14.4. The number of ether oxygens (including phenoxy) is 2. The lowest BCUT2D eigenvalue weighted by molar-refractivity contribution is 0.285. The molecule has 0 saturated carbocycles. The summed E-state index contributed by atoms with van der Waals surface area (Å²) in [4.78, 5) is 8.15. The second kappa shape index (κ2) is 11.4. The molecule has 2 aromatic rings. The standard InChI is InChI=1S/C18H22N4O4/c23-21-13-15-17(7-5-9-19-15)25-11-3-1-2-4-12-26-18-8-6-10-20-16(18)14-22-24/h5-10,13-14,23-24H,1-4,11-12H2/b21-13-,22-14-. The maximum atomic E-state index is 8.60. The van der Waals surface area contributed by atoms with Crippen LogP contribution >= 0.6 is 0 Å². The zero-order valence-electron chi connectivity index (χ0n) is 14.4. The van der Waals surface area contributed by atoms with E-state index < -0.39 is 0 Å². The van der Waals surface area contributed by atoms with Crippen LogP contribution in [0.2, 0.25) is 0 Å². The van der Waals surface area contributed by atoms with Crippen molar-refractivity contribution in [3.8, 4) is 11.5 Å². The number of oxime groups is 2. The quantitative estimate of drug-likeness (QED) is 0.276. The zero-order chi connectivity index (χ0) is 18.5. The molecule has 2 aromatic heterocycles. The minimum absolute atomic E-state index is 0.502. The SMILES string of the molecule is O/N=C\c1ncccc1OCCCCCCOc1cccnc1/C=N\O. The Balaban J connectivity index is 1.60. The van der Waals surface area contributed by atoms with Crippen LogP contribution in [0.3, 0.4) is 0 Å². The molecule has 0 aliphatic rings. The number of hydrogen-bond donors (Lipinski definition) is 2. The second-order valence-corrected chi connectivity index (χ2v) is 5.37. The number of rotatable bonds is 11. The van der Waals surface area contributed by atoms with Crippen LogP contribution in [0, 0.1) is 0 Å². The molecule has 0 unspecified atom stereocenters. The molecule has 2 heterocycles. The number of aromatic nitrogens is 2. The van der Waals surface area contributed by atoms with Crippen molar-refractivity contribution in [2.24, 2.45) is 10.3 Å². The first-order chi connectivity index (χ1) is 12.8. The van der Waals surface area contributed by atoms with E-state index >= 15 is 0 Å². The van der Waals surface area contributed by atoms with Crippen molar-refractivity contribution in [2.75, 3.05) is 13.2 Å². The fraction of sp³-hybridized carbons (Fsp3) is 0.333. The summed E-state index contributed by atoms with van der Waals surface area (Å²) in [5.74, 6) is 1.20. The Morgan fingerprint density at radius 3 is 1.65 bits per heavy atom. The van der Waals surface area contributed by atoms with Gasteiger partial charge in [-0.15, -0.1) is 0 Å². The van der Waals surface area contributed by atoms with Gasteiger partial charge in [-0.1, -0.05) is 10.3 Å². The van der Waals surface area contributed by atoms with Crippen molar-refractivity contribution < 1.29 is 19.9 Å². The number of nitrogens with zero attached hydrogens (tertiary/aromatic N) is 4. The molecule has 138 valence electrons. The molecular weight excluding hydrogens is 336 g/mol. The van der Waals surface area contributed by atoms with Crippen LogP contribution in [0.25, 0.3) is 0 Å². The van der Waals surface area contributed by atoms with Crippen LogP contribution in [0.15, 0.2) is 47.0 Å². The van der Waals surface area contributed by atoms with Gasteiger partial charge in [0.05, 0.1) is 25.6 Å². The van der Waals surface area contributed by atoms with Gasteiger partial charge in [0.2, 0.25) is 0 Å². The minimum atomic E-state index is 0.502. The molecule has 0 saturated heterocycles. The molecule has 0 atom stereocenters. The molecule has 0 aliphatic heterocycles. The summed E-state index contributed by atoms with van der Waals surface area (Å²) >= 11 is 0. The van der Waals surface area contributed by atoms with E-state index in [1.165, 1.54) is 12.4 Å². The summed E-state index contributed by atoms with van der Waals surface area (Å²) in [5.41, 5.74) is 1.00. The number of unbranched alkanes of at least 4 members (excludes halogenated alkanes) is 3. The van der Waals surface area contributed by atoms with Gasteiger partial charge in [0.15, 0.2) is 0 Å². The Labute approximate surface area is 151 Å². The maximum Gasteiger partial charge on any atom is 0.146 e. The molecule has 0 aromatic carbocycles. The van der Waals surface area contributed by atoms with Crippen LogP contribution < -0.4 is 9.47 Å². The van der Waals surface area contributed by atoms with Crippen LogP contribution in [-0.2, 0) is 0 Å². The topological polar surface area (TPSA) is 109 Å². The molecule has 0 fully saturated rings. The van der Waals surface area contributed by atoms with Gasteiger partial charge in [0.1, 0.15) is 22.9 Å². The highest BCUT2D eigenvalue weighted by Crippen LogP contribution is 2.15. The minimum Gasteiger partial charge on any atom is -0.491 e. The number of pyridine rings is 2. The fourth-order valence-electron chi connectivity index (χ4n) is 2.27. The first-order valence-electron chi connectivity index (χ1n) is 8.35. The molecule has 0 bridgehead atoms. The van der Waals surface area contributed by atoms with E-state index in [0.717, 1.165) is 25.7 Å². The Bertz CT molecular complexity index is 660. The van der Waals surface area contributed by atoms with Gasteiger partial charge >= 0.3 is 0 Å². The van der Waals surface area contributed by atoms with Crippen molar-refractivity contribution in [1.29, 1.82) is 0 Å². The van der Waals surface area contributed by atoms with Crippen LogP contribution in [0.5, 0.6) is 11.5 Å². The summed E-state index contributed by atoms with van der Waals surface area (Å²) in [6.07, 6.45) is 9.55.